The average Bonchev–Trinajstić information content (AvgIpc) is 2.89. The first-order valence-corrected chi connectivity index (χ1v) is 8.35. The van der Waals surface area contributed by atoms with E-state index in [4.69, 9.17) is 4.74 Å². The van der Waals surface area contributed by atoms with E-state index >= 15 is 0 Å². The molecule has 0 amide bonds. The highest BCUT2D eigenvalue weighted by Gasteiger charge is 2.39. The van der Waals surface area contributed by atoms with Gasteiger partial charge in [-0.05, 0) is 6.07 Å². The van der Waals surface area contributed by atoms with Crippen LogP contribution < -0.4 is 5.32 Å². The second kappa shape index (κ2) is 7.31. The standard InChI is InChI=1S/C17H24F2N2O3/c18-17(19)5-7-21(8-6-17)10-15-16(23)13(11-24-15)20-9-12-3-1-2-4-14(12)22/h1-4,13,15-16,20,22-23H,5-11H2. The quantitative estimate of drug-likeness (QED) is 0.754. The molecular weight excluding hydrogens is 318 g/mol. The molecule has 3 N–H and O–H groups in total. The highest BCUT2D eigenvalue weighted by Crippen LogP contribution is 2.28. The van der Waals surface area contributed by atoms with Crippen LogP contribution in [0.15, 0.2) is 24.3 Å². The van der Waals surface area contributed by atoms with Crippen LogP contribution in [0.5, 0.6) is 5.75 Å². The molecule has 0 radical (unpaired) electrons. The zero-order valence-electron chi connectivity index (χ0n) is 13.5. The van der Waals surface area contributed by atoms with E-state index in [0.717, 1.165) is 5.56 Å². The van der Waals surface area contributed by atoms with Gasteiger partial charge in [-0.15, -0.1) is 0 Å². The van der Waals surface area contributed by atoms with Gasteiger partial charge >= 0.3 is 0 Å². The van der Waals surface area contributed by atoms with Crippen molar-refractivity contribution in [1.82, 2.24) is 10.2 Å². The van der Waals surface area contributed by atoms with Gasteiger partial charge in [-0.2, -0.15) is 0 Å². The maximum absolute atomic E-state index is 13.2. The van der Waals surface area contributed by atoms with E-state index in [1.54, 1.807) is 12.1 Å². The number of para-hydroxylation sites is 1. The highest BCUT2D eigenvalue weighted by atomic mass is 19.3. The molecule has 0 spiro atoms. The third kappa shape index (κ3) is 4.22. The van der Waals surface area contributed by atoms with E-state index in [-0.39, 0.29) is 30.7 Å². The smallest absolute Gasteiger partial charge is 0.250 e. The van der Waals surface area contributed by atoms with E-state index in [1.807, 2.05) is 17.0 Å². The zero-order valence-corrected chi connectivity index (χ0v) is 13.5. The Morgan fingerprint density at radius 2 is 1.96 bits per heavy atom. The van der Waals surface area contributed by atoms with Gasteiger partial charge in [-0.1, -0.05) is 18.2 Å². The van der Waals surface area contributed by atoms with Crippen LogP contribution in [0.3, 0.4) is 0 Å². The molecule has 1 aromatic rings. The number of rotatable bonds is 5. The average molecular weight is 342 g/mol. The number of likely N-dealkylation sites (tertiary alicyclic amines) is 1. The summed E-state index contributed by atoms with van der Waals surface area (Å²) in [5.74, 6) is -2.35. The predicted molar refractivity (Wildman–Crippen MR) is 85.1 cm³/mol. The van der Waals surface area contributed by atoms with Crippen LogP contribution in [0.4, 0.5) is 8.78 Å². The molecule has 3 unspecified atom stereocenters. The minimum Gasteiger partial charge on any atom is -0.508 e. The molecule has 134 valence electrons. The number of hydrogen-bond donors (Lipinski definition) is 3. The number of hydrogen-bond acceptors (Lipinski definition) is 5. The number of aromatic hydroxyl groups is 1. The van der Waals surface area contributed by atoms with Crippen LogP contribution in [0.2, 0.25) is 0 Å². The summed E-state index contributed by atoms with van der Waals surface area (Å²) in [7, 11) is 0. The van der Waals surface area contributed by atoms with Gasteiger partial charge in [-0.3, -0.25) is 0 Å². The van der Waals surface area contributed by atoms with Crippen molar-refractivity contribution < 1.29 is 23.7 Å². The lowest BCUT2D eigenvalue weighted by Gasteiger charge is -2.33. The van der Waals surface area contributed by atoms with Crippen LogP contribution in [0, 0.1) is 0 Å². The topological polar surface area (TPSA) is 65.0 Å². The van der Waals surface area contributed by atoms with Gasteiger partial charge in [-0.25, -0.2) is 8.78 Å². The SMILES string of the molecule is Oc1ccccc1CNC1COC(CN2CCC(F)(F)CC2)C1O. The Kier molecular flexibility index (Phi) is 5.34. The molecule has 5 nitrogen and oxygen atoms in total. The molecule has 2 aliphatic rings. The molecule has 2 aliphatic heterocycles. The largest absolute Gasteiger partial charge is 0.508 e. The van der Waals surface area contributed by atoms with Gasteiger partial charge in [0.1, 0.15) is 5.75 Å². The van der Waals surface area contributed by atoms with E-state index in [9.17, 15) is 19.0 Å². The summed E-state index contributed by atoms with van der Waals surface area (Å²) < 4.78 is 32.0. The number of benzene rings is 1. The van der Waals surface area contributed by atoms with Crippen LogP contribution >= 0.6 is 0 Å². The first-order chi connectivity index (χ1) is 11.4. The van der Waals surface area contributed by atoms with Crippen molar-refractivity contribution in [3.05, 3.63) is 29.8 Å². The summed E-state index contributed by atoms with van der Waals surface area (Å²) in [6, 6.07) is 6.79. The first kappa shape index (κ1) is 17.5. The molecule has 0 aromatic heterocycles. The van der Waals surface area contributed by atoms with E-state index in [0.29, 0.717) is 32.8 Å². The van der Waals surface area contributed by atoms with E-state index in [1.165, 1.54) is 0 Å². The summed E-state index contributed by atoms with van der Waals surface area (Å²) in [6.45, 7) is 1.92. The maximum Gasteiger partial charge on any atom is 0.250 e. The molecular formula is C17H24F2N2O3. The Morgan fingerprint density at radius 1 is 1.25 bits per heavy atom. The Balaban J connectivity index is 1.47. The predicted octanol–water partition coefficient (Wildman–Crippen LogP) is 1.34. The lowest BCUT2D eigenvalue weighted by atomic mass is 10.0. The van der Waals surface area contributed by atoms with Crippen molar-refractivity contribution in [1.29, 1.82) is 0 Å². The van der Waals surface area contributed by atoms with Crippen LogP contribution in [0.1, 0.15) is 18.4 Å². The fourth-order valence-corrected chi connectivity index (χ4v) is 3.24. The Morgan fingerprint density at radius 3 is 2.67 bits per heavy atom. The second-order valence-electron chi connectivity index (χ2n) is 6.64. The minimum atomic E-state index is -2.56. The minimum absolute atomic E-state index is 0.134. The van der Waals surface area contributed by atoms with Gasteiger partial charge in [0, 0.05) is 44.6 Å². The number of nitrogens with zero attached hydrogens (tertiary/aromatic N) is 1. The summed E-state index contributed by atoms with van der Waals surface area (Å²) in [6.07, 6.45) is -1.34. The monoisotopic (exact) mass is 342 g/mol. The molecule has 24 heavy (non-hydrogen) atoms. The van der Waals surface area contributed by atoms with Crippen molar-refractivity contribution in [2.24, 2.45) is 0 Å². The number of piperidine rings is 1. The lowest BCUT2D eigenvalue weighted by Crippen LogP contribution is -2.47. The number of phenolic OH excluding ortho intramolecular Hbond substituents is 1. The molecule has 7 heteroatoms. The van der Waals surface area contributed by atoms with Gasteiger partial charge in [0.25, 0.3) is 5.92 Å². The number of ether oxygens (including phenoxy) is 1. The van der Waals surface area contributed by atoms with E-state index < -0.39 is 12.0 Å². The second-order valence-corrected chi connectivity index (χ2v) is 6.64. The van der Waals surface area contributed by atoms with Crippen molar-refractivity contribution in [3.8, 4) is 5.75 Å². The van der Waals surface area contributed by atoms with E-state index in [2.05, 4.69) is 5.32 Å². The Labute approximate surface area is 140 Å². The molecule has 2 fully saturated rings. The fraction of sp³-hybridized carbons (Fsp3) is 0.647. The number of aliphatic hydroxyl groups excluding tert-OH is 1. The molecule has 0 bridgehead atoms. The highest BCUT2D eigenvalue weighted by molar-refractivity contribution is 5.31. The van der Waals surface area contributed by atoms with Crippen molar-refractivity contribution >= 4 is 0 Å². The first-order valence-electron chi connectivity index (χ1n) is 8.35. The molecule has 0 saturated carbocycles. The van der Waals surface area contributed by atoms with Gasteiger partial charge in [0.2, 0.25) is 0 Å². The van der Waals surface area contributed by atoms with Crippen LogP contribution in [-0.4, -0.2) is 65.5 Å². The van der Waals surface area contributed by atoms with Crippen LogP contribution in [0.25, 0.3) is 0 Å². The van der Waals surface area contributed by atoms with Crippen molar-refractivity contribution in [3.63, 3.8) is 0 Å². The molecule has 2 saturated heterocycles. The summed E-state index contributed by atoms with van der Waals surface area (Å²) in [4.78, 5) is 1.93. The third-order valence-corrected chi connectivity index (χ3v) is 4.86. The molecule has 2 heterocycles. The van der Waals surface area contributed by atoms with Gasteiger partial charge < -0.3 is 25.2 Å². The van der Waals surface area contributed by atoms with Crippen LogP contribution in [-0.2, 0) is 11.3 Å². The molecule has 0 aliphatic carbocycles. The fourth-order valence-electron chi connectivity index (χ4n) is 3.24. The van der Waals surface area contributed by atoms with Crippen molar-refractivity contribution in [2.45, 2.75) is 43.6 Å². The number of aliphatic hydroxyl groups is 1. The third-order valence-electron chi connectivity index (χ3n) is 4.86. The summed E-state index contributed by atoms with van der Waals surface area (Å²) in [5, 5.41) is 23.4. The molecule has 3 atom stereocenters. The zero-order chi connectivity index (χ0) is 17.2. The van der Waals surface area contributed by atoms with Gasteiger partial charge in [0.05, 0.1) is 24.9 Å². The Bertz CT molecular complexity index is 548. The number of halogens is 2. The number of nitrogens with one attached hydrogen (secondary N) is 1. The number of alkyl halides is 2. The summed E-state index contributed by atoms with van der Waals surface area (Å²) in [5.41, 5.74) is 0.756. The normalized spacial score (nSPS) is 30.5. The Hall–Kier alpha value is -1.28. The molecule has 1 aromatic carbocycles. The van der Waals surface area contributed by atoms with Crippen molar-refractivity contribution in [2.75, 3.05) is 26.2 Å². The van der Waals surface area contributed by atoms with Gasteiger partial charge in [0.15, 0.2) is 0 Å². The number of phenols is 1. The summed E-state index contributed by atoms with van der Waals surface area (Å²) >= 11 is 0. The lowest BCUT2D eigenvalue weighted by molar-refractivity contribution is -0.0674. The molecule has 3 rings (SSSR count). The maximum atomic E-state index is 13.2.